The van der Waals surface area contributed by atoms with Crippen LogP contribution >= 0.6 is 0 Å². The summed E-state index contributed by atoms with van der Waals surface area (Å²) in [5, 5.41) is 0. The van der Waals surface area contributed by atoms with Crippen LogP contribution in [0.25, 0.3) is 0 Å². The average molecular weight is 427 g/mol. The average Bonchev–Trinajstić information content (AvgIpc) is 2.99. The second kappa shape index (κ2) is 9.13. The Labute approximate surface area is 193 Å². The largest absolute Gasteiger partial charge is 0.457 e. The Morgan fingerprint density at radius 1 is 0.750 bits per heavy atom. The van der Waals surface area contributed by atoms with Crippen molar-refractivity contribution in [3.63, 3.8) is 0 Å². The molecule has 0 N–H and O–H groups in total. The zero-order chi connectivity index (χ0) is 22.8. The Balaban J connectivity index is 1.70. The van der Waals surface area contributed by atoms with Crippen molar-refractivity contribution in [3.05, 3.63) is 96.1 Å². The van der Waals surface area contributed by atoms with Gasteiger partial charge in [-0.2, -0.15) is 0 Å². The molecule has 0 saturated carbocycles. The number of benzene rings is 3. The second-order valence-electron chi connectivity index (χ2n) is 9.68. The van der Waals surface area contributed by atoms with Gasteiger partial charge in [0.25, 0.3) is 0 Å². The fraction of sp³-hybridized carbons (Fsp3) is 0.357. The molecular weight excluding hydrogens is 393 g/mol. The monoisotopic (exact) mass is 427 g/mol. The van der Waals surface area contributed by atoms with E-state index in [0.29, 0.717) is 0 Å². The topological polar surface area (TPSA) is 21.7 Å². The van der Waals surface area contributed by atoms with Crippen molar-refractivity contribution in [2.24, 2.45) is 0 Å². The summed E-state index contributed by atoms with van der Waals surface area (Å²) in [6.07, 6.45) is 1.73. The van der Waals surface area contributed by atoms with Gasteiger partial charge in [0.2, 0.25) is 0 Å². The molecule has 0 aromatic heterocycles. The molecular formula is C28H34BNO2. The van der Waals surface area contributed by atoms with Crippen molar-refractivity contribution in [1.29, 1.82) is 0 Å². The van der Waals surface area contributed by atoms with Gasteiger partial charge < -0.3 is 14.2 Å². The first kappa shape index (κ1) is 22.6. The van der Waals surface area contributed by atoms with E-state index in [4.69, 9.17) is 9.31 Å². The van der Waals surface area contributed by atoms with Crippen molar-refractivity contribution in [3.8, 4) is 0 Å². The standard InChI is InChI=1S/C28H34BNO2/c1-22-14-12-13-19-25(22)30(24-17-10-7-11-18-24)26(23-15-8-6-9-16-23)20-21-29-31-27(2,3)28(4,5)32-29/h6-19,26H,20-21H2,1-5H3. The van der Waals surface area contributed by atoms with Gasteiger partial charge in [0.1, 0.15) is 0 Å². The van der Waals surface area contributed by atoms with Crippen molar-refractivity contribution in [2.45, 2.75) is 64.6 Å². The fourth-order valence-corrected chi connectivity index (χ4v) is 4.41. The molecule has 3 aromatic carbocycles. The summed E-state index contributed by atoms with van der Waals surface area (Å²) in [7, 11) is -0.208. The number of anilines is 2. The Bertz CT molecular complexity index is 1000. The van der Waals surface area contributed by atoms with Gasteiger partial charge in [0.05, 0.1) is 17.2 Å². The van der Waals surface area contributed by atoms with Gasteiger partial charge in [0.15, 0.2) is 0 Å². The molecule has 0 amide bonds. The molecule has 0 aliphatic carbocycles. The minimum atomic E-state index is -0.310. The summed E-state index contributed by atoms with van der Waals surface area (Å²) in [6.45, 7) is 10.6. The van der Waals surface area contributed by atoms with Gasteiger partial charge in [0, 0.05) is 11.4 Å². The van der Waals surface area contributed by atoms with Gasteiger partial charge >= 0.3 is 7.12 Å². The SMILES string of the molecule is Cc1ccccc1N(c1ccccc1)C(CCB1OC(C)(C)C(C)(C)O1)c1ccccc1. The highest BCUT2D eigenvalue weighted by molar-refractivity contribution is 6.45. The zero-order valence-electron chi connectivity index (χ0n) is 19.9. The van der Waals surface area contributed by atoms with E-state index < -0.39 is 0 Å². The minimum absolute atomic E-state index is 0.152. The molecule has 3 aromatic rings. The molecule has 1 unspecified atom stereocenters. The molecule has 1 aliphatic heterocycles. The molecule has 166 valence electrons. The molecule has 3 nitrogen and oxygen atoms in total. The van der Waals surface area contributed by atoms with Crippen LogP contribution in [0.2, 0.25) is 6.32 Å². The lowest BCUT2D eigenvalue weighted by Crippen LogP contribution is -2.41. The molecule has 4 heteroatoms. The van der Waals surface area contributed by atoms with Crippen LogP contribution in [0.15, 0.2) is 84.9 Å². The van der Waals surface area contributed by atoms with Crippen molar-refractivity contribution >= 4 is 18.5 Å². The molecule has 0 spiro atoms. The number of nitrogens with zero attached hydrogens (tertiary/aromatic N) is 1. The van der Waals surface area contributed by atoms with E-state index >= 15 is 0 Å². The van der Waals surface area contributed by atoms with Crippen LogP contribution in [0.5, 0.6) is 0 Å². The van der Waals surface area contributed by atoms with Crippen LogP contribution in [-0.2, 0) is 9.31 Å². The van der Waals surface area contributed by atoms with E-state index in [9.17, 15) is 0 Å². The van der Waals surface area contributed by atoms with Gasteiger partial charge in [-0.05, 0) is 76.7 Å². The lowest BCUT2D eigenvalue weighted by Gasteiger charge is -2.35. The summed E-state index contributed by atoms with van der Waals surface area (Å²) in [5.41, 5.74) is 4.33. The molecule has 1 atom stereocenters. The molecule has 1 aliphatic rings. The quantitative estimate of drug-likeness (QED) is 0.368. The van der Waals surface area contributed by atoms with Crippen LogP contribution in [-0.4, -0.2) is 18.3 Å². The zero-order valence-corrected chi connectivity index (χ0v) is 19.9. The third-order valence-electron chi connectivity index (χ3n) is 6.88. The summed E-state index contributed by atoms with van der Waals surface area (Å²) < 4.78 is 12.6. The number of para-hydroxylation sites is 2. The molecule has 1 heterocycles. The number of hydrogen-bond donors (Lipinski definition) is 0. The third kappa shape index (κ3) is 4.62. The Hall–Kier alpha value is -2.56. The van der Waals surface area contributed by atoms with Gasteiger partial charge in [-0.15, -0.1) is 0 Å². The first-order valence-electron chi connectivity index (χ1n) is 11.6. The summed E-state index contributed by atoms with van der Waals surface area (Å²) in [6, 6.07) is 30.2. The Morgan fingerprint density at radius 3 is 1.88 bits per heavy atom. The van der Waals surface area contributed by atoms with Crippen molar-refractivity contribution < 1.29 is 9.31 Å². The maximum Gasteiger partial charge on any atom is 0.457 e. The maximum absolute atomic E-state index is 6.32. The Kier molecular flexibility index (Phi) is 6.46. The van der Waals surface area contributed by atoms with Crippen molar-refractivity contribution in [2.75, 3.05) is 4.90 Å². The molecule has 32 heavy (non-hydrogen) atoms. The highest BCUT2D eigenvalue weighted by atomic mass is 16.7. The summed E-state index contributed by atoms with van der Waals surface area (Å²) in [4.78, 5) is 2.47. The van der Waals surface area contributed by atoms with Crippen LogP contribution in [0, 0.1) is 6.92 Å². The van der Waals surface area contributed by atoms with Gasteiger partial charge in [-0.25, -0.2) is 0 Å². The fourth-order valence-electron chi connectivity index (χ4n) is 4.41. The van der Waals surface area contributed by atoms with Crippen LogP contribution in [0.3, 0.4) is 0 Å². The van der Waals surface area contributed by atoms with Crippen molar-refractivity contribution in [1.82, 2.24) is 0 Å². The van der Waals surface area contributed by atoms with E-state index in [1.807, 2.05) is 0 Å². The summed E-state index contributed by atoms with van der Waals surface area (Å²) in [5.74, 6) is 0. The predicted molar refractivity (Wildman–Crippen MR) is 134 cm³/mol. The smallest absolute Gasteiger partial charge is 0.403 e. The first-order chi connectivity index (χ1) is 15.3. The van der Waals surface area contributed by atoms with E-state index in [0.717, 1.165) is 12.7 Å². The van der Waals surface area contributed by atoms with E-state index in [-0.39, 0.29) is 24.4 Å². The molecule has 4 rings (SSSR count). The van der Waals surface area contributed by atoms with E-state index in [1.165, 1.54) is 22.5 Å². The van der Waals surface area contributed by atoms with Crippen LogP contribution < -0.4 is 4.90 Å². The predicted octanol–water partition coefficient (Wildman–Crippen LogP) is 7.36. The molecule has 0 radical (unpaired) electrons. The molecule has 1 saturated heterocycles. The van der Waals surface area contributed by atoms with Gasteiger partial charge in [-0.1, -0.05) is 66.7 Å². The van der Waals surface area contributed by atoms with E-state index in [1.54, 1.807) is 0 Å². The highest BCUT2D eigenvalue weighted by Crippen LogP contribution is 2.42. The second-order valence-corrected chi connectivity index (χ2v) is 9.68. The minimum Gasteiger partial charge on any atom is -0.403 e. The Morgan fingerprint density at radius 2 is 1.28 bits per heavy atom. The maximum atomic E-state index is 6.32. The normalized spacial score (nSPS) is 17.8. The van der Waals surface area contributed by atoms with E-state index in [2.05, 4.69) is 124 Å². The lowest BCUT2D eigenvalue weighted by molar-refractivity contribution is 0.00578. The molecule has 0 bridgehead atoms. The van der Waals surface area contributed by atoms with Crippen LogP contribution in [0.1, 0.15) is 51.3 Å². The molecule has 1 fully saturated rings. The highest BCUT2D eigenvalue weighted by Gasteiger charge is 2.50. The first-order valence-corrected chi connectivity index (χ1v) is 11.6. The number of hydrogen-bond acceptors (Lipinski definition) is 3. The van der Waals surface area contributed by atoms with Crippen LogP contribution in [0.4, 0.5) is 11.4 Å². The summed E-state index contributed by atoms with van der Waals surface area (Å²) >= 11 is 0. The number of rotatable bonds is 7. The van der Waals surface area contributed by atoms with Gasteiger partial charge in [-0.3, -0.25) is 0 Å². The number of aryl methyl sites for hydroxylation is 1. The lowest BCUT2D eigenvalue weighted by atomic mass is 9.79. The third-order valence-corrected chi connectivity index (χ3v) is 6.88.